The molecule has 1 heterocycles. The predicted octanol–water partition coefficient (Wildman–Crippen LogP) is 3.11. The Morgan fingerprint density at radius 2 is 1.52 bits per heavy atom. The van der Waals surface area contributed by atoms with Gasteiger partial charge in [0.15, 0.2) is 0 Å². The minimum absolute atomic E-state index is 0.228. The van der Waals surface area contributed by atoms with Gasteiger partial charge in [0.05, 0.1) is 0 Å². The van der Waals surface area contributed by atoms with Crippen molar-refractivity contribution >= 4 is 5.69 Å². The summed E-state index contributed by atoms with van der Waals surface area (Å²) in [5, 5.41) is 0. The van der Waals surface area contributed by atoms with E-state index in [4.69, 9.17) is 5.73 Å². The van der Waals surface area contributed by atoms with Gasteiger partial charge >= 0.3 is 0 Å². The van der Waals surface area contributed by atoms with Crippen molar-refractivity contribution in [1.29, 1.82) is 0 Å². The van der Waals surface area contributed by atoms with Crippen LogP contribution in [0.2, 0.25) is 0 Å². The third-order valence-corrected chi connectivity index (χ3v) is 4.88. The second kappa shape index (κ2) is 7.81. The van der Waals surface area contributed by atoms with Crippen molar-refractivity contribution in [1.82, 2.24) is 4.90 Å². The largest absolute Gasteiger partial charge is 0.369 e. The summed E-state index contributed by atoms with van der Waals surface area (Å²) < 4.78 is 0. The van der Waals surface area contributed by atoms with Gasteiger partial charge < -0.3 is 10.6 Å². The molecular weight excluding hydrogens is 258 g/mol. The van der Waals surface area contributed by atoms with Gasteiger partial charge in [-0.1, -0.05) is 44.9 Å². The van der Waals surface area contributed by atoms with Gasteiger partial charge in [0, 0.05) is 44.0 Å². The molecule has 21 heavy (non-hydrogen) atoms. The minimum Gasteiger partial charge on any atom is -0.369 e. The summed E-state index contributed by atoms with van der Waals surface area (Å²) in [6.07, 6.45) is 4.89. The van der Waals surface area contributed by atoms with Gasteiger partial charge in [0.2, 0.25) is 0 Å². The van der Waals surface area contributed by atoms with Crippen LogP contribution in [0.5, 0.6) is 0 Å². The number of benzene rings is 1. The summed E-state index contributed by atoms with van der Waals surface area (Å²) in [6.45, 7) is 9.83. The van der Waals surface area contributed by atoms with Gasteiger partial charge in [-0.25, -0.2) is 0 Å². The van der Waals surface area contributed by atoms with Crippen molar-refractivity contribution in [2.24, 2.45) is 5.73 Å². The molecule has 3 nitrogen and oxygen atoms in total. The zero-order valence-corrected chi connectivity index (χ0v) is 13.7. The lowest BCUT2D eigenvalue weighted by Crippen LogP contribution is -2.60. The van der Waals surface area contributed by atoms with Crippen LogP contribution in [-0.4, -0.2) is 43.2 Å². The molecule has 0 aliphatic carbocycles. The highest BCUT2D eigenvalue weighted by Crippen LogP contribution is 2.28. The molecule has 1 aromatic rings. The normalized spacial score (nSPS) is 17.2. The van der Waals surface area contributed by atoms with E-state index in [1.165, 1.54) is 31.4 Å². The number of para-hydroxylation sites is 1. The number of rotatable bonds is 7. The van der Waals surface area contributed by atoms with Crippen molar-refractivity contribution < 1.29 is 0 Å². The van der Waals surface area contributed by atoms with E-state index in [0.717, 1.165) is 32.7 Å². The maximum atomic E-state index is 6.20. The van der Waals surface area contributed by atoms with E-state index in [1.54, 1.807) is 0 Å². The Balaban J connectivity index is 2.01. The first kappa shape index (κ1) is 16.3. The number of nitrogens with zero attached hydrogens (tertiary/aromatic N) is 2. The molecule has 3 heteroatoms. The molecule has 2 N–H and O–H groups in total. The Morgan fingerprint density at radius 3 is 2.00 bits per heavy atom. The number of piperazine rings is 1. The molecule has 1 aliphatic heterocycles. The smallest absolute Gasteiger partial charge is 0.0367 e. The topological polar surface area (TPSA) is 32.5 Å². The van der Waals surface area contributed by atoms with Gasteiger partial charge in [-0.2, -0.15) is 0 Å². The van der Waals surface area contributed by atoms with Crippen LogP contribution in [0.3, 0.4) is 0 Å². The highest BCUT2D eigenvalue weighted by Gasteiger charge is 2.35. The van der Waals surface area contributed by atoms with Crippen molar-refractivity contribution in [3.63, 3.8) is 0 Å². The Labute approximate surface area is 130 Å². The third kappa shape index (κ3) is 3.78. The fraction of sp³-hybridized carbons (Fsp3) is 0.667. The molecule has 0 amide bonds. The summed E-state index contributed by atoms with van der Waals surface area (Å²) in [6, 6.07) is 10.8. The zero-order valence-electron chi connectivity index (χ0n) is 13.7. The average Bonchev–Trinajstić information content (AvgIpc) is 2.55. The quantitative estimate of drug-likeness (QED) is 0.837. The van der Waals surface area contributed by atoms with Crippen molar-refractivity contribution in [2.75, 3.05) is 37.6 Å². The van der Waals surface area contributed by atoms with Crippen LogP contribution in [0, 0.1) is 0 Å². The summed E-state index contributed by atoms with van der Waals surface area (Å²) in [4.78, 5) is 5.16. The fourth-order valence-corrected chi connectivity index (χ4v) is 3.78. The van der Waals surface area contributed by atoms with Crippen LogP contribution < -0.4 is 10.6 Å². The molecule has 0 saturated carbocycles. The molecule has 1 aromatic carbocycles. The third-order valence-electron chi connectivity index (χ3n) is 4.88. The second-order valence-corrected chi connectivity index (χ2v) is 6.24. The SMILES string of the molecule is CCCC(CN)(CCC)N1CCN(c2ccccc2)CC1. The van der Waals surface area contributed by atoms with E-state index in [9.17, 15) is 0 Å². The zero-order chi connectivity index (χ0) is 15.1. The van der Waals surface area contributed by atoms with Gasteiger partial charge in [-0.3, -0.25) is 4.90 Å². The standard InChI is InChI=1S/C18H31N3/c1-3-10-18(16-19,11-4-2)21-14-12-20(13-15-21)17-8-6-5-7-9-17/h5-9H,3-4,10-16,19H2,1-2H3. The van der Waals surface area contributed by atoms with E-state index >= 15 is 0 Å². The van der Waals surface area contributed by atoms with Crippen LogP contribution in [-0.2, 0) is 0 Å². The van der Waals surface area contributed by atoms with E-state index < -0.39 is 0 Å². The first-order chi connectivity index (χ1) is 10.3. The molecule has 1 saturated heterocycles. The summed E-state index contributed by atoms with van der Waals surface area (Å²) >= 11 is 0. The number of nitrogens with two attached hydrogens (primary N) is 1. The Kier molecular flexibility index (Phi) is 6.07. The van der Waals surface area contributed by atoms with E-state index in [1.807, 2.05) is 0 Å². The summed E-state index contributed by atoms with van der Waals surface area (Å²) in [5.74, 6) is 0. The maximum Gasteiger partial charge on any atom is 0.0367 e. The number of hydrogen-bond donors (Lipinski definition) is 1. The van der Waals surface area contributed by atoms with Crippen LogP contribution in [0.4, 0.5) is 5.69 Å². The van der Waals surface area contributed by atoms with Crippen LogP contribution in [0.15, 0.2) is 30.3 Å². The lowest BCUT2D eigenvalue weighted by Gasteiger charge is -2.48. The molecule has 0 aromatic heterocycles. The molecule has 0 bridgehead atoms. The first-order valence-corrected chi connectivity index (χ1v) is 8.51. The molecular formula is C18H31N3. The lowest BCUT2D eigenvalue weighted by molar-refractivity contribution is 0.0683. The fourth-order valence-electron chi connectivity index (χ4n) is 3.78. The Hall–Kier alpha value is -1.06. The van der Waals surface area contributed by atoms with E-state index in [0.29, 0.717) is 0 Å². The average molecular weight is 289 g/mol. The highest BCUT2D eigenvalue weighted by molar-refractivity contribution is 5.46. The van der Waals surface area contributed by atoms with Gasteiger partial charge in [0.1, 0.15) is 0 Å². The second-order valence-electron chi connectivity index (χ2n) is 6.24. The molecule has 0 spiro atoms. The van der Waals surface area contributed by atoms with Crippen molar-refractivity contribution in [2.45, 2.75) is 45.1 Å². The van der Waals surface area contributed by atoms with Crippen LogP contribution in [0.1, 0.15) is 39.5 Å². The first-order valence-electron chi connectivity index (χ1n) is 8.51. The van der Waals surface area contributed by atoms with E-state index in [2.05, 4.69) is 54.0 Å². The molecule has 2 rings (SSSR count). The van der Waals surface area contributed by atoms with Crippen LogP contribution in [0.25, 0.3) is 0 Å². The van der Waals surface area contributed by atoms with Gasteiger partial charge in [-0.15, -0.1) is 0 Å². The molecule has 0 atom stereocenters. The molecule has 0 radical (unpaired) electrons. The lowest BCUT2D eigenvalue weighted by atomic mass is 9.86. The summed E-state index contributed by atoms with van der Waals surface area (Å²) in [5.41, 5.74) is 7.78. The Morgan fingerprint density at radius 1 is 0.952 bits per heavy atom. The maximum absolute atomic E-state index is 6.20. The minimum atomic E-state index is 0.228. The van der Waals surface area contributed by atoms with E-state index in [-0.39, 0.29) is 5.54 Å². The van der Waals surface area contributed by atoms with Gasteiger partial charge in [0.25, 0.3) is 0 Å². The molecule has 1 aliphatic rings. The monoisotopic (exact) mass is 289 g/mol. The van der Waals surface area contributed by atoms with Crippen LogP contribution >= 0.6 is 0 Å². The van der Waals surface area contributed by atoms with Crippen molar-refractivity contribution in [3.05, 3.63) is 30.3 Å². The predicted molar refractivity (Wildman–Crippen MR) is 91.8 cm³/mol. The molecule has 118 valence electrons. The van der Waals surface area contributed by atoms with Crippen molar-refractivity contribution in [3.8, 4) is 0 Å². The Bertz CT molecular complexity index is 390. The highest BCUT2D eigenvalue weighted by atomic mass is 15.3. The molecule has 1 fully saturated rings. The van der Waals surface area contributed by atoms with Gasteiger partial charge in [-0.05, 0) is 25.0 Å². The number of anilines is 1. The summed E-state index contributed by atoms with van der Waals surface area (Å²) in [7, 11) is 0. The molecule has 0 unspecified atom stereocenters. The number of hydrogen-bond acceptors (Lipinski definition) is 3.